The molecule has 2 atom stereocenters. The molecule has 0 heterocycles. The highest BCUT2D eigenvalue weighted by Crippen LogP contribution is 2.16. The summed E-state index contributed by atoms with van der Waals surface area (Å²) in [5.74, 6) is -0.119. The lowest BCUT2D eigenvalue weighted by atomic mass is 10.0. The van der Waals surface area contributed by atoms with Crippen molar-refractivity contribution in [2.75, 3.05) is 13.2 Å². The maximum Gasteiger partial charge on any atom is 0.305 e. The van der Waals surface area contributed by atoms with Gasteiger partial charge in [0.1, 0.15) is 0 Å². The minimum absolute atomic E-state index is 0.0285. The van der Waals surface area contributed by atoms with Gasteiger partial charge in [-0.05, 0) is 64.2 Å². The van der Waals surface area contributed by atoms with Crippen molar-refractivity contribution < 1.29 is 24.5 Å². The summed E-state index contributed by atoms with van der Waals surface area (Å²) in [6.45, 7) is 4.83. The molecule has 6 nitrogen and oxygen atoms in total. The van der Waals surface area contributed by atoms with Crippen molar-refractivity contribution in [3.05, 3.63) is 36.5 Å². The van der Waals surface area contributed by atoms with Crippen molar-refractivity contribution in [1.82, 2.24) is 5.32 Å². The zero-order chi connectivity index (χ0) is 45.8. The zero-order valence-electron chi connectivity index (χ0n) is 42.1. The normalized spacial score (nSPS) is 12.9. The molecule has 3 N–H and O–H groups in total. The van der Waals surface area contributed by atoms with Gasteiger partial charge in [0.05, 0.1) is 25.4 Å². The Balaban J connectivity index is 3.52. The summed E-state index contributed by atoms with van der Waals surface area (Å²) >= 11 is 0. The Morgan fingerprint density at radius 1 is 0.444 bits per heavy atom. The van der Waals surface area contributed by atoms with Crippen LogP contribution in [-0.2, 0) is 14.3 Å². The van der Waals surface area contributed by atoms with Gasteiger partial charge < -0.3 is 20.3 Å². The minimum atomic E-state index is -0.861. The average Bonchev–Trinajstić information content (AvgIpc) is 3.28. The lowest BCUT2D eigenvalue weighted by Gasteiger charge is -2.20. The third-order valence-corrected chi connectivity index (χ3v) is 12.7. The fourth-order valence-electron chi connectivity index (χ4n) is 8.37. The summed E-state index contributed by atoms with van der Waals surface area (Å²) < 4.78 is 5.46. The van der Waals surface area contributed by atoms with Crippen molar-refractivity contribution >= 4 is 11.9 Å². The van der Waals surface area contributed by atoms with Crippen LogP contribution >= 0.6 is 0 Å². The quantitative estimate of drug-likeness (QED) is 0.0321. The number of hydrogen-bond donors (Lipinski definition) is 3. The highest BCUT2D eigenvalue weighted by atomic mass is 16.5. The van der Waals surface area contributed by atoms with E-state index in [0.717, 1.165) is 64.2 Å². The lowest BCUT2D eigenvalue weighted by molar-refractivity contribution is -0.143. The van der Waals surface area contributed by atoms with Gasteiger partial charge in [-0.1, -0.05) is 249 Å². The van der Waals surface area contributed by atoms with E-state index in [4.69, 9.17) is 4.74 Å². The van der Waals surface area contributed by atoms with Gasteiger partial charge in [-0.2, -0.15) is 0 Å². The first kappa shape index (κ1) is 61.1. The van der Waals surface area contributed by atoms with Gasteiger partial charge in [0.25, 0.3) is 0 Å². The molecule has 0 radical (unpaired) electrons. The summed E-state index contributed by atoms with van der Waals surface area (Å²) in [5, 5.41) is 23.1. The number of unbranched alkanes of at least 4 members (excludes halogenated alkanes) is 36. The van der Waals surface area contributed by atoms with Crippen LogP contribution in [0.15, 0.2) is 36.5 Å². The number of allylic oxidation sites excluding steroid dienone is 5. The summed E-state index contributed by atoms with van der Waals surface area (Å²) in [6, 6.07) is -0.646. The molecule has 0 saturated heterocycles. The van der Waals surface area contributed by atoms with Crippen LogP contribution in [0.25, 0.3) is 0 Å². The summed E-state index contributed by atoms with van der Waals surface area (Å²) in [4.78, 5) is 24.5. The molecule has 0 aromatic carbocycles. The first-order chi connectivity index (χ1) is 31.0. The van der Waals surface area contributed by atoms with E-state index in [2.05, 4.69) is 43.5 Å². The van der Waals surface area contributed by atoms with Crippen LogP contribution < -0.4 is 5.32 Å². The average molecular weight is 886 g/mol. The second-order valence-corrected chi connectivity index (χ2v) is 18.9. The first-order valence-corrected chi connectivity index (χ1v) is 27.8. The van der Waals surface area contributed by atoms with Gasteiger partial charge in [-0.15, -0.1) is 0 Å². The van der Waals surface area contributed by atoms with Gasteiger partial charge in [-0.25, -0.2) is 0 Å². The molecule has 0 saturated carbocycles. The molecule has 1 amide bonds. The van der Waals surface area contributed by atoms with Crippen LogP contribution in [0, 0.1) is 0 Å². The predicted molar refractivity (Wildman–Crippen MR) is 273 cm³/mol. The number of esters is 1. The van der Waals surface area contributed by atoms with E-state index in [0.29, 0.717) is 19.4 Å². The fraction of sp³-hybridized carbons (Fsp3) is 0.860. The number of aliphatic hydroxyl groups excluding tert-OH is 2. The van der Waals surface area contributed by atoms with Crippen LogP contribution in [0.1, 0.15) is 290 Å². The largest absolute Gasteiger partial charge is 0.466 e. The molecule has 2 unspecified atom stereocenters. The number of nitrogens with one attached hydrogen (secondary N) is 1. The number of ether oxygens (including phenoxy) is 1. The minimum Gasteiger partial charge on any atom is -0.466 e. The number of rotatable bonds is 51. The Bertz CT molecular complexity index is 1020. The second kappa shape index (κ2) is 52.7. The van der Waals surface area contributed by atoms with E-state index in [1.165, 1.54) is 199 Å². The van der Waals surface area contributed by atoms with E-state index in [1.54, 1.807) is 6.08 Å². The Morgan fingerprint density at radius 3 is 1.24 bits per heavy atom. The van der Waals surface area contributed by atoms with Crippen LogP contribution in [-0.4, -0.2) is 47.4 Å². The SMILES string of the molecule is CCCCC/C=C\C/C=C\CCCCCCCCCC(=O)OCCCCCCCCCCCCC(=O)NC(CO)C(O)/C=C/CCCCCCCCCCCCCCCCCCC. The van der Waals surface area contributed by atoms with E-state index in [1.807, 2.05) is 6.08 Å². The standard InChI is InChI=1S/C57H107NO5/c1-3-5-7-9-11-13-15-17-19-21-22-24-25-27-29-33-37-41-45-49-55(60)54(53-59)58-56(61)50-46-42-38-34-31-32-36-40-44-48-52-63-57(62)51-47-43-39-35-30-28-26-23-20-18-16-14-12-10-8-6-4-2/h12,14,18,20,45,49,54-55,59-60H,3-11,13,15-17,19,21-44,46-48,50-53H2,1-2H3,(H,58,61)/b14-12-,20-18-,49-45+. The third kappa shape index (κ3) is 49.4. The van der Waals surface area contributed by atoms with E-state index >= 15 is 0 Å². The van der Waals surface area contributed by atoms with Gasteiger partial charge >= 0.3 is 5.97 Å². The maximum atomic E-state index is 12.5. The van der Waals surface area contributed by atoms with Gasteiger partial charge in [0.15, 0.2) is 0 Å². The molecule has 0 aliphatic rings. The molecule has 0 aliphatic carbocycles. The highest BCUT2D eigenvalue weighted by Gasteiger charge is 2.18. The molecule has 0 rings (SSSR count). The Kier molecular flexibility index (Phi) is 51.1. The first-order valence-electron chi connectivity index (χ1n) is 27.8. The smallest absolute Gasteiger partial charge is 0.305 e. The lowest BCUT2D eigenvalue weighted by Crippen LogP contribution is -2.45. The van der Waals surface area contributed by atoms with Crippen molar-refractivity contribution in [2.24, 2.45) is 0 Å². The number of carbonyl (C=O) groups excluding carboxylic acids is 2. The predicted octanol–water partition coefficient (Wildman–Crippen LogP) is 16.9. The molecule has 0 spiro atoms. The number of carbonyl (C=O) groups is 2. The monoisotopic (exact) mass is 886 g/mol. The molecule has 0 aliphatic heterocycles. The Hall–Kier alpha value is -1.92. The van der Waals surface area contributed by atoms with E-state index in [-0.39, 0.29) is 18.5 Å². The van der Waals surface area contributed by atoms with Gasteiger partial charge in [-0.3, -0.25) is 9.59 Å². The molecule has 0 fully saturated rings. The van der Waals surface area contributed by atoms with Crippen LogP contribution in [0.5, 0.6) is 0 Å². The molecular formula is C57H107NO5. The Morgan fingerprint density at radius 2 is 0.794 bits per heavy atom. The zero-order valence-corrected chi connectivity index (χ0v) is 42.1. The molecule has 0 aromatic rings. The second-order valence-electron chi connectivity index (χ2n) is 18.9. The number of amides is 1. The highest BCUT2D eigenvalue weighted by molar-refractivity contribution is 5.76. The molecule has 63 heavy (non-hydrogen) atoms. The topological polar surface area (TPSA) is 95.9 Å². The summed E-state index contributed by atoms with van der Waals surface area (Å²) in [7, 11) is 0. The molecule has 0 aromatic heterocycles. The van der Waals surface area contributed by atoms with Crippen molar-refractivity contribution in [3.63, 3.8) is 0 Å². The summed E-state index contributed by atoms with van der Waals surface area (Å²) in [5.41, 5.74) is 0. The van der Waals surface area contributed by atoms with E-state index < -0.39 is 12.1 Å². The van der Waals surface area contributed by atoms with Gasteiger partial charge in [0.2, 0.25) is 5.91 Å². The number of aliphatic hydroxyl groups is 2. The van der Waals surface area contributed by atoms with Crippen LogP contribution in [0.4, 0.5) is 0 Å². The van der Waals surface area contributed by atoms with Crippen molar-refractivity contribution in [1.29, 1.82) is 0 Å². The molecule has 6 heteroatoms. The maximum absolute atomic E-state index is 12.5. The number of hydrogen-bond acceptors (Lipinski definition) is 5. The molecule has 370 valence electrons. The molecular weight excluding hydrogens is 779 g/mol. The fourth-order valence-corrected chi connectivity index (χ4v) is 8.37. The van der Waals surface area contributed by atoms with Crippen molar-refractivity contribution in [2.45, 2.75) is 302 Å². The Labute approximate surface area is 392 Å². The van der Waals surface area contributed by atoms with Gasteiger partial charge in [0, 0.05) is 12.8 Å². The van der Waals surface area contributed by atoms with Crippen LogP contribution in [0.2, 0.25) is 0 Å². The summed E-state index contributed by atoms with van der Waals surface area (Å²) in [6.07, 6.45) is 64.3. The van der Waals surface area contributed by atoms with E-state index in [9.17, 15) is 19.8 Å². The molecule has 0 bridgehead atoms. The van der Waals surface area contributed by atoms with Crippen LogP contribution in [0.3, 0.4) is 0 Å². The third-order valence-electron chi connectivity index (χ3n) is 12.7. The van der Waals surface area contributed by atoms with Crippen molar-refractivity contribution in [3.8, 4) is 0 Å².